The number of rotatable bonds is 7. The van der Waals surface area contributed by atoms with Gasteiger partial charge in [-0.1, -0.05) is 46.8 Å². The number of halogens is 3. The smallest absolute Gasteiger partial charge is 0.344 e. The molecule has 2 aromatic carbocycles. The first-order valence-corrected chi connectivity index (χ1v) is 13.8. The normalized spacial score (nSPS) is 14.6. The van der Waals surface area contributed by atoms with Crippen LogP contribution in [0.15, 0.2) is 49.2 Å². The lowest BCUT2D eigenvalue weighted by atomic mass is 9.88. The molecule has 0 bridgehead atoms. The minimum atomic E-state index is -0.483. The molecular weight excluding hydrogens is 614 g/mol. The molecule has 0 atom stereocenters. The summed E-state index contributed by atoms with van der Waals surface area (Å²) in [7, 11) is 0. The van der Waals surface area contributed by atoms with Crippen molar-refractivity contribution in [1.29, 1.82) is 0 Å². The van der Waals surface area contributed by atoms with Crippen LogP contribution in [0.4, 0.5) is 0 Å². The van der Waals surface area contributed by atoms with E-state index < -0.39 is 5.97 Å². The predicted octanol–water partition coefficient (Wildman–Crippen LogP) is 6.84. The van der Waals surface area contributed by atoms with Gasteiger partial charge in [0, 0.05) is 10.4 Å². The second kappa shape index (κ2) is 11.9. The van der Waals surface area contributed by atoms with Crippen LogP contribution in [0.25, 0.3) is 10.9 Å². The van der Waals surface area contributed by atoms with Gasteiger partial charge in [-0.05, 0) is 78.5 Å². The Kier molecular flexibility index (Phi) is 8.85. The Morgan fingerprint density at radius 1 is 1.22 bits per heavy atom. The third-order valence-electron chi connectivity index (χ3n) is 5.85. The van der Waals surface area contributed by atoms with Crippen LogP contribution in [0, 0.1) is 0 Å². The molecule has 190 valence electrons. The highest BCUT2D eigenvalue weighted by Crippen LogP contribution is 2.35. The molecule has 0 spiro atoms. The molecule has 4 rings (SSSR count). The maximum Gasteiger partial charge on any atom is 0.344 e. The molecule has 0 N–H and O–H groups in total. The van der Waals surface area contributed by atoms with Gasteiger partial charge in [-0.25, -0.2) is 9.78 Å². The van der Waals surface area contributed by atoms with Crippen molar-refractivity contribution in [3.8, 4) is 5.75 Å². The van der Waals surface area contributed by atoms with Crippen molar-refractivity contribution < 1.29 is 14.3 Å². The first-order valence-electron chi connectivity index (χ1n) is 11.8. The monoisotopic (exact) mass is 637 g/mol. The van der Waals surface area contributed by atoms with Crippen molar-refractivity contribution in [2.45, 2.75) is 58.0 Å². The summed E-state index contributed by atoms with van der Waals surface area (Å²) in [6.45, 7) is 3.27. The summed E-state index contributed by atoms with van der Waals surface area (Å²) in [5.74, 6) is 0.698. The van der Waals surface area contributed by atoms with Crippen molar-refractivity contribution in [3.05, 3.63) is 66.0 Å². The highest BCUT2D eigenvalue weighted by atomic mass is 79.9. The molecule has 1 aromatic heterocycles. The van der Waals surface area contributed by atoms with Gasteiger partial charge in [0.05, 0.1) is 32.7 Å². The number of fused-ring (bicyclic) bond motifs is 1. The van der Waals surface area contributed by atoms with Crippen molar-refractivity contribution in [3.63, 3.8) is 0 Å². The molecular formula is C26H26Br2ClN3O4. The van der Waals surface area contributed by atoms with Gasteiger partial charge in [0.2, 0.25) is 0 Å². The van der Waals surface area contributed by atoms with Crippen LogP contribution in [0.1, 0.15) is 63.3 Å². The van der Waals surface area contributed by atoms with Crippen LogP contribution in [0.3, 0.4) is 0 Å². The van der Waals surface area contributed by atoms with E-state index in [-0.39, 0.29) is 24.2 Å². The van der Waals surface area contributed by atoms with E-state index in [1.54, 1.807) is 38.3 Å². The van der Waals surface area contributed by atoms with E-state index in [4.69, 9.17) is 26.1 Å². The maximum absolute atomic E-state index is 13.5. The zero-order valence-corrected chi connectivity index (χ0v) is 23.9. The van der Waals surface area contributed by atoms with Crippen molar-refractivity contribution in [2.75, 3.05) is 6.61 Å². The van der Waals surface area contributed by atoms with Gasteiger partial charge in [-0.3, -0.25) is 4.79 Å². The van der Waals surface area contributed by atoms with Gasteiger partial charge >= 0.3 is 5.97 Å². The highest BCUT2D eigenvalue weighted by molar-refractivity contribution is 9.10. The van der Waals surface area contributed by atoms with Crippen molar-refractivity contribution in [2.24, 2.45) is 5.10 Å². The van der Waals surface area contributed by atoms with E-state index in [9.17, 15) is 9.59 Å². The summed E-state index contributed by atoms with van der Waals surface area (Å²) in [4.78, 5) is 30.1. The number of carbonyl (C=O) groups is 1. The van der Waals surface area contributed by atoms with Crippen LogP contribution in [-0.2, 0) is 9.53 Å². The Morgan fingerprint density at radius 3 is 2.67 bits per heavy atom. The molecule has 36 heavy (non-hydrogen) atoms. The fourth-order valence-corrected chi connectivity index (χ4v) is 5.60. The number of ether oxygens (including phenoxy) is 2. The van der Waals surface area contributed by atoms with Crippen LogP contribution >= 0.6 is 43.5 Å². The number of hydrogen-bond donors (Lipinski definition) is 0. The van der Waals surface area contributed by atoms with E-state index in [1.165, 1.54) is 11.1 Å². The quantitative estimate of drug-likeness (QED) is 0.209. The van der Waals surface area contributed by atoms with Crippen LogP contribution in [-0.4, -0.2) is 34.6 Å². The molecule has 0 radical (unpaired) electrons. The molecule has 10 heteroatoms. The summed E-state index contributed by atoms with van der Waals surface area (Å²) in [6, 6.07) is 8.93. The SMILES string of the molecule is CC(C)OC(=O)COc1c(Cl)cc(C=Nn2c(C3CCCCC3)nc3ccc(Br)cc3c2=O)cc1Br. The lowest BCUT2D eigenvalue weighted by molar-refractivity contribution is -0.149. The third-order valence-corrected chi connectivity index (χ3v) is 7.21. The first-order chi connectivity index (χ1) is 17.2. The maximum atomic E-state index is 13.5. The largest absolute Gasteiger partial charge is 0.479 e. The molecule has 0 amide bonds. The van der Waals surface area contributed by atoms with E-state index in [0.29, 0.717) is 37.5 Å². The van der Waals surface area contributed by atoms with Crippen LogP contribution in [0.5, 0.6) is 5.75 Å². The lowest BCUT2D eigenvalue weighted by Gasteiger charge is -2.22. The lowest BCUT2D eigenvalue weighted by Crippen LogP contribution is -2.25. The minimum Gasteiger partial charge on any atom is -0.479 e. The summed E-state index contributed by atoms with van der Waals surface area (Å²) in [6.07, 6.45) is 6.72. The Labute approximate surface area is 231 Å². The number of hydrogen-bond acceptors (Lipinski definition) is 6. The molecule has 1 aliphatic rings. The first kappa shape index (κ1) is 26.8. The second-order valence-corrected chi connectivity index (χ2v) is 11.1. The summed E-state index contributed by atoms with van der Waals surface area (Å²) in [5.41, 5.74) is 1.10. The molecule has 0 unspecified atom stereocenters. The number of benzene rings is 2. The molecule has 0 saturated heterocycles. The van der Waals surface area contributed by atoms with E-state index in [0.717, 1.165) is 30.2 Å². The Balaban J connectivity index is 1.67. The molecule has 1 saturated carbocycles. The van der Waals surface area contributed by atoms with E-state index in [1.807, 2.05) is 12.1 Å². The zero-order valence-electron chi connectivity index (χ0n) is 20.0. The van der Waals surface area contributed by atoms with Crippen molar-refractivity contribution >= 4 is 66.5 Å². The second-order valence-electron chi connectivity index (χ2n) is 8.97. The van der Waals surface area contributed by atoms with Gasteiger partial charge in [0.1, 0.15) is 5.82 Å². The Hall–Kier alpha value is -2.23. The third kappa shape index (κ3) is 6.36. The van der Waals surface area contributed by atoms with Gasteiger partial charge in [-0.15, -0.1) is 0 Å². The molecule has 1 heterocycles. The molecule has 0 aliphatic heterocycles. The average molecular weight is 640 g/mol. The van der Waals surface area contributed by atoms with Gasteiger partial charge in [0.25, 0.3) is 5.56 Å². The standard InChI is InChI=1S/C26H26Br2ClN3O4/c1-15(2)36-23(33)14-35-24-20(28)10-16(11-21(24)29)13-30-32-25(17-6-4-3-5-7-17)31-22-9-8-18(27)12-19(22)26(32)34/h8-13,15,17H,3-7,14H2,1-2H3. The topological polar surface area (TPSA) is 82.8 Å². The number of carbonyl (C=O) groups excluding carboxylic acids is 1. The highest BCUT2D eigenvalue weighted by Gasteiger charge is 2.22. The number of nitrogens with zero attached hydrogens (tertiary/aromatic N) is 3. The Bertz CT molecular complexity index is 1340. The predicted molar refractivity (Wildman–Crippen MR) is 148 cm³/mol. The minimum absolute atomic E-state index is 0.174. The van der Waals surface area contributed by atoms with Crippen LogP contribution in [0.2, 0.25) is 5.02 Å². The van der Waals surface area contributed by atoms with Crippen molar-refractivity contribution in [1.82, 2.24) is 9.66 Å². The van der Waals surface area contributed by atoms with Gasteiger partial charge in [-0.2, -0.15) is 9.78 Å². The molecule has 3 aromatic rings. The average Bonchev–Trinajstić information content (AvgIpc) is 2.83. The fourth-order valence-electron chi connectivity index (χ4n) is 4.25. The summed E-state index contributed by atoms with van der Waals surface area (Å²) in [5, 5.41) is 5.35. The van der Waals surface area contributed by atoms with E-state index >= 15 is 0 Å². The fraction of sp³-hybridized carbons (Fsp3) is 0.385. The van der Waals surface area contributed by atoms with Gasteiger partial charge < -0.3 is 9.47 Å². The Morgan fingerprint density at radius 2 is 1.97 bits per heavy atom. The molecule has 1 aliphatic carbocycles. The van der Waals surface area contributed by atoms with Gasteiger partial charge in [0.15, 0.2) is 12.4 Å². The number of esters is 1. The van der Waals surface area contributed by atoms with Crippen LogP contribution < -0.4 is 10.3 Å². The number of aromatic nitrogens is 2. The summed E-state index contributed by atoms with van der Waals surface area (Å²) < 4.78 is 13.4. The molecule has 1 fully saturated rings. The molecule has 7 nitrogen and oxygen atoms in total. The zero-order chi connectivity index (χ0) is 25.8. The van der Waals surface area contributed by atoms with E-state index in [2.05, 4.69) is 37.0 Å². The summed E-state index contributed by atoms with van der Waals surface area (Å²) >= 11 is 13.3.